The van der Waals surface area contributed by atoms with E-state index in [0.717, 1.165) is 5.56 Å². The predicted molar refractivity (Wildman–Crippen MR) is 107 cm³/mol. The number of anilines is 1. The van der Waals surface area contributed by atoms with Crippen LogP contribution >= 0.6 is 0 Å². The van der Waals surface area contributed by atoms with Gasteiger partial charge < -0.3 is 19.8 Å². The summed E-state index contributed by atoms with van der Waals surface area (Å²) in [6.07, 6.45) is 2.97. The molecule has 0 aliphatic carbocycles. The number of carbonyl (C=O) groups excluding carboxylic acids is 2. The second kappa shape index (κ2) is 8.73. The highest BCUT2D eigenvalue weighted by Gasteiger charge is 2.17. The molecule has 1 heterocycles. The molecule has 2 N–H and O–H groups in total. The summed E-state index contributed by atoms with van der Waals surface area (Å²) in [5.74, 6) is 0.197. The lowest BCUT2D eigenvalue weighted by atomic mass is 10.1. The number of rotatable bonds is 6. The molecule has 0 bridgehead atoms. The van der Waals surface area contributed by atoms with Crippen LogP contribution in [0.25, 0.3) is 6.08 Å². The van der Waals surface area contributed by atoms with E-state index >= 15 is 0 Å². The highest BCUT2D eigenvalue weighted by molar-refractivity contribution is 6.10. The Balaban J connectivity index is 1.85. The zero-order valence-electron chi connectivity index (χ0n) is 15.6. The van der Waals surface area contributed by atoms with Gasteiger partial charge in [0.15, 0.2) is 0 Å². The molecule has 0 aliphatic rings. The van der Waals surface area contributed by atoms with E-state index in [1.54, 1.807) is 55.6 Å². The fraction of sp³-hybridized carbons (Fsp3) is 0.0909. The fourth-order valence-corrected chi connectivity index (χ4v) is 2.59. The average Bonchev–Trinajstić information content (AvgIpc) is 3.21. The zero-order chi connectivity index (χ0) is 19.9. The minimum atomic E-state index is -0.480. The number of amides is 2. The van der Waals surface area contributed by atoms with E-state index < -0.39 is 5.91 Å². The number of nitrogens with one attached hydrogen (secondary N) is 2. The van der Waals surface area contributed by atoms with Crippen LogP contribution in [0, 0.1) is 6.92 Å². The van der Waals surface area contributed by atoms with Gasteiger partial charge in [-0.25, -0.2) is 0 Å². The maximum Gasteiger partial charge on any atom is 0.272 e. The quantitative estimate of drug-likeness (QED) is 0.637. The number of hydrogen-bond acceptors (Lipinski definition) is 4. The van der Waals surface area contributed by atoms with E-state index in [1.807, 2.05) is 19.1 Å². The first-order valence-electron chi connectivity index (χ1n) is 8.64. The minimum Gasteiger partial charge on any atom is -0.497 e. The van der Waals surface area contributed by atoms with E-state index in [-0.39, 0.29) is 11.6 Å². The van der Waals surface area contributed by atoms with Gasteiger partial charge in [0, 0.05) is 23.4 Å². The lowest BCUT2D eigenvalue weighted by Gasteiger charge is -2.12. The van der Waals surface area contributed by atoms with Crippen molar-refractivity contribution < 1.29 is 18.7 Å². The number of aryl methyl sites for hydroxylation is 1. The maximum atomic E-state index is 12.8. The molecule has 0 atom stereocenters. The van der Waals surface area contributed by atoms with Crippen molar-refractivity contribution in [2.75, 3.05) is 12.4 Å². The largest absolute Gasteiger partial charge is 0.497 e. The van der Waals surface area contributed by atoms with Gasteiger partial charge in [0.05, 0.1) is 13.4 Å². The topological polar surface area (TPSA) is 80.6 Å². The molecular formula is C22H20N2O4. The Labute approximate surface area is 162 Å². The van der Waals surface area contributed by atoms with Crippen molar-refractivity contribution >= 4 is 23.6 Å². The summed E-state index contributed by atoms with van der Waals surface area (Å²) in [6, 6.07) is 17.5. The van der Waals surface area contributed by atoms with Gasteiger partial charge in [-0.3, -0.25) is 9.59 Å². The average molecular weight is 376 g/mol. The molecule has 0 aliphatic heterocycles. The molecule has 3 rings (SSSR count). The smallest absolute Gasteiger partial charge is 0.272 e. The molecule has 142 valence electrons. The van der Waals surface area contributed by atoms with E-state index in [9.17, 15) is 9.59 Å². The van der Waals surface area contributed by atoms with Gasteiger partial charge >= 0.3 is 0 Å². The molecule has 28 heavy (non-hydrogen) atoms. The molecule has 0 radical (unpaired) electrons. The summed E-state index contributed by atoms with van der Waals surface area (Å²) < 4.78 is 10.5. The first kappa shape index (κ1) is 19.0. The van der Waals surface area contributed by atoms with Gasteiger partial charge in [0.1, 0.15) is 17.2 Å². The van der Waals surface area contributed by atoms with Crippen molar-refractivity contribution in [1.82, 2.24) is 5.32 Å². The van der Waals surface area contributed by atoms with Crippen LogP contribution in [0.4, 0.5) is 5.69 Å². The van der Waals surface area contributed by atoms with Gasteiger partial charge in [-0.2, -0.15) is 0 Å². The van der Waals surface area contributed by atoms with Crippen molar-refractivity contribution in [3.63, 3.8) is 0 Å². The molecule has 1 aromatic heterocycles. The lowest BCUT2D eigenvalue weighted by molar-refractivity contribution is -0.113. The van der Waals surface area contributed by atoms with Gasteiger partial charge in [0.25, 0.3) is 11.8 Å². The summed E-state index contributed by atoms with van der Waals surface area (Å²) in [6.45, 7) is 1.83. The molecule has 6 heteroatoms. The van der Waals surface area contributed by atoms with Gasteiger partial charge in [-0.1, -0.05) is 24.3 Å². The van der Waals surface area contributed by atoms with Crippen LogP contribution in [0.2, 0.25) is 0 Å². The Hall–Kier alpha value is -3.80. The third kappa shape index (κ3) is 4.67. The van der Waals surface area contributed by atoms with Gasteiger partial charge in [0.2, 0.25) is 0 Å². The van der Waals surface area contributed by atoms with Crippen molar-refractivity contribution in [2.45, 2.75) is 6.92 Å². The highest BCUT2D eigenvalue weighted by atomic mass is 16.5. The summed E-state index contributed by atoms with van der Waals surface area (Å²) in [5, 5.41) is 5.44. The Morgan fingerprint density at radius 1 is 1.04 bits per heavy atom. The van der Waals surface area contributed by atoms with Crippen LogP contribution in [-0.2, 0) is 4.79 Å². The van der Waals surface area contributed by atoms with Gasteiger partial charge in [-0.15, -0.1) is 0 Å². The highest BCUT2D eigenvalue weighted by Crippen LogP contribution is 2.18. The Morgan fingerprint density at radius 2 is 1.86 bits per heavy atom. The number of hydrogen-bond donors (Lipinski definition) is 2. The van der Waals surface area contributed by atoms with Crippen LogP contribution in [-0.4, -0.2) is 18.9 Å². The van der Waals surface area contributed by atoms with Crippen molar-refractivity contribution in [3.8, 4) is 5.75 Å². The zero-order valence-corrected chi connectivity index (χ0v) is 15.6. The summed E-state index contributed by atoms with van der Waals surface area (Å²) >= 11 is 0. The first-order chi connectivity index (χ1) is 13.6. The summed E-state index contributed by atoms with van der Waals surface area (Å²) in [4.78, 5) is 25.5. The molecular weight excluding hydrogens is 356 g/mol. The molecule has 2 amide bonds. The molecule has 0 fully saturated rings. The summed E-state index contributed by atoms with van der Waals surface area (Å²) in [7, 11) is 1.55. The predicted octanol–water partition coefficient (Wildman–Crippen LogP) is 4.01. The van der Waals surface area contributed by atoms with Crippen LogP contribution in [0.3, 0.4) is 0 Å². The van der Waals surface area contributed by atoms with Gasteiger partial charge in [-0.05, 0) is 42.8 Å². The number of benzene rings is 2. The molecule has 6 nitrogen and oxygen atoms in total. The van der Waals surface area contributed by atoms with Crippen molar-refractivity contribution in [2.24, 2.45) is 0 Å². The van der Waals surface area contributed by atoms with E-state index in [2.05, 4.69) is 10.6 Å². The van der Waals surface area contributed by atoms with Crippen molar-refractivity contribution in [3.05, 3.63) is 89.5 Å². The van der Waals surface area contributed by atoms with E-state index in [4.69, 9.17) is 9.15 Å². The normalized spacial score (nSPS) is 11.0. The Kier molecular flexibility index (Phi) is 5.91. The Morgan fingerprint density at radius 3 is 2.57 bits per heavy atom. The molecule has 0 saturated carbocycles. The third-order valence-corrected chi connectivity index (χ3v) is 4.04. The van der Waals surface area contributed by atoms with E-state index in [1.165, 1.54) is 12.3 Å². The number of carbonyl (C=O) groups is 2. The third-order valence-electron chi connectivity index (χ3n) is 4.04. The van der Waals surface area contributed by atoms with Crippen LogP contribution in [0.15, 0.2) is 77.0 Å². The van der Waals surface area contributed by atoms with Crippen LogP contribution in [0.5, 0.6) is 5.75 Å². The molecule has 0 saturated heterocycles. The van der Waals surface area contributed by atoms with Crippen molar-refractivity contribution in [1.29, 1.82) is 0 Å². The maximum absolute atomic E-state index is 12.8. The number of ether oxygens (including phenoxy) is 1. The summed E-state index contributed by atoms with van der Waals surface area (Å²) in [5.41, 5.74) is 1.90. The van der Waals surface area contributed by atoms with Crippen LogP contribution < -0.4 is 15.4 Å². The number of furan rings is 1. The van der Waals surface area contributed by atoms with Crippen LogP contribution in [0.1, 0.15) is 21.7 Å². The molecule has 0 spiro atoms. The molecule has 0 unspecified atom stereocenters. The molecule has 3 aromatic rings. The number of methoxy groups -OCH3 is 1. The standard InChI is InChI=1S/C22H20N2O4/c1-15-7-3-4-11-19(15)21(25)24-20(14-18-10-6-12-28-18)22(26)23-16-8-5-9-17(13-16)27-2/h3-14H,1-2H3,(H,23,26)(H,24,25)/b20-14-. The molecule has 2 aromatic carbocycles. The SMILES string of the molecule is COc1cccc(NC(=O)/C(=C/c2ccco2)NC(=O)c2ccccc2C)c1. The second-order valence-corrected chi connectivity index (χ2v) is 6.03. The minimum absolute atomic E-state index is 0.0611. The Bertz CT molecular complexity index is 1010. The lowest BCUT2D eigenvalue weighted by Crippen LogP contribution is -2.31. The fourth-order valence-electron chi connectivity index (χ4n) is 2.59. The van der Waals surface area contributed by atoms with E-state index in [0.29, 0.717) is 22.8 Å². The first-order valence-corrected chi connectivity index (χ1v) is 8.64. The second-order valence-electron chi connectivity index (χ2n) is 6.03. The monoisotopic (exact) mass is 376 g/mol.